The molecule has 0 aromatic heterocycles. The van der Waals surface area contributed by atoms with Crippen molar-refractivity contribution in [3.63, 3.8) is 0 Å². The van der Waals surface area contributed by atoms with Crippen LogP contribution in [0.1, 0.15) is 19.8 Å². The normalized spacial score (nSPS) is 13.8. The van der Waals surface area contributed by atoms with Crippen LogP contribution in [0.15, 0.2) is 0 Å². The minimum absolute atomic E-state index is 0.184. The lowest BCUT2D eigenvalue weighted by atomic mass is 10.2. The molecule has 0 aromatic carbocycles. The maximum absolute atomic E-state index is 11.8. The van der Waals surface area contributed by atoms with Gasteiger partial charge in [-0.3, -0.25) is 4.79 Å². The molecule has 0 spiro atoms. The highest BCUT2D eigenvalue weighted by atomic mass is 19.4. The summed E-state index contributed by atoms with van der Waals surface area (Å²) in [5.74, 6) is -0.184. The maximum atomic E-state index is 11.8. The van der Waals surface area contributed by atoms with Crippen molar-refractivity contribution in [1.82, 2.24) is 10.6 Å². The second kappa shape index (κ2) is 5.85. The Bertz CT molecular complexity index is 182. The summed E-state index contributed by atoms with van der Waals surface area (Å²) >= 11 is 0. The van der Waals surface area contributed by atoms with Crippen LogP contribution in [-0.2, 0) is 4.79 Å². The van der Waals surface area contributed by atoms with Crippen molar-refractivity contribution in [2.75, 3.05) is 13.6 Å². The van der Waals surface area contributed by atoms with E-state index in [1.165, 1.54) is 14.0 Å². The summed E-state index contributed by atoms with van der Waals surface area (Å²) in [5.41, 5.74) is 0. The summed E-state index contributed by atoms with van der Waals surface area (Å²) in [6.07, 6.45) is -4.83. The van der Waals surface area contributed by atoms with Gasteiger partial charge in [-0.25, -0.2) is 0 Å². The maximum Gasteiger partial charge on any atom is 0.390 e. The summed E-state index contributed by atoms with van der Waals surface area (Å²) < 4.78 is 35.5. The number of rotatable bonds is 5. The van der Waals surface area contributed by atoms with Crippen molar-refractivity contribution in [2.45, 2.75) is 32.0 Å². The van der Waals surface area contributed by atoms with Gasteiger partial charge in [-0.1, -0.05) is 0 Å². The molecule has 14 heavy (non-hydrogen) atoms. The Morgan fingerprint density at radius 2 is 2.00 bits per heavy atom. The van der Waals surface area contributed by atoms with E-state index < -0.39 is 18.6 Å². The molecule has 0 aromatic rings. The average molecular weight is 212 g/mol. The molecule has 0 aliphatic heterocycles. The molecule has 1 amide bonds. The second-order valence-electron chi connectivity index (χ2n) is 3.10. The molecule has 0 aliphatic rings. The van der Waals surface area contributed by atoms with Crippen molar-refractivity contribution in [3.8, 4) is 0 Å². The van der Waals surface area contributed by atoms with E-state index in [2.05, 4.69) is 10.6 Å². The van der Waals surface area contributed by atoms with Gasteiger partial charge in [-0.2, -0.15) is 13.2 Å². The van der Waals surface area contributed by atoms with Gasteiger partial charge >= 0.3 is 6.18 Å². The zero-order valence-corrected chi connectivity index (χ0v) is 8.24. The van der Waals surface area contributed by atoms with Crippen molar-refractivity contribution in [2.24, 2.45) is 0 Å². The zero-order chi connectivity index (χ0) is 11.2. The Hall–Kier alpha value is -0.780. The number of hydrogen-bond acceptors (Lipinski definition) is 2. The minimum atomic E-state index is -4.15. The number of carbonyl (C=O) groups excluding carboxylic acids is 1. The Morgan fingerprint density at radius 3 is 2.43 bits per heavy atom. The first-order chi connectivity index (χ1) is 6.35. The van der Waals surface area contributed by atoms with Crippen LogP contribution in [0.4, 0.5) is 13.2 Å². The summed E-state index contributed by atoms with van der Waals surface area (Å²) in [5, 5.41) is 5.01. The predicted octanol–water partition coefficient (Wildman–Crippen LogP) is 1.05. The molecule has 84 valence electrons. The highest BCUT2D eigenvalue weighted by Crippen LogP contribution is 2.21. The molecule has 0 rings (SSSR count). The number of amides is 1. The molecule has 1 unspecified atom stereocenters. The van der Waals surface area contributed by atoms with E-state index in [0.717, 1.165) is 0 Å². The van der Waals surface area contributed by atoms with Gasteiger partial charge in [0.05, 0.1) is 6.42 Å². The van der Waals surface area contributed by atoms with Crippen LogP contribution in [0.25, 0.3) is 0 Å². The van der Waals surface area contributed by atoms with Crippen LogP contribution in [0.5, 0.6) is 0 Å². The quantitative estimate of drug-likeness (QED) is 0.715. The smallest absolute Gasteiger partial charge is 0.359 e. The Kier molecular flexibility index (Phi) is 5.52. The standard InChI is InChI=1S/C8H15F3N2O/c1-6(5-8(9,10)11)13-4-3-7(14)12-2/h6,13H,3-5H2,1-2H3,(H,12,14). The molecule has 0 saturated carbocycles. The molecule has 0 saturated heterocycles. The van der Waals surface area contributed by atoms with Gasteiger partial charge in [0.1, 0.15) is 0 Å². The average Bonchev–Trinajstić information content (AvgIpc) is 2.00. The van der Waals surface area contributed by atoms with Crippen LogP contribution in [-0.4, -0.2) is 31.7 Å². The summed E-state index contributed by atoms with van der Waals surface area (Å²) in [6.45, 7) is 1.70. The van der Waals surface area contributed by atoms with E-state index in [-0.39, 0.29) is 18.9 Å². The zero-order valence-electron chi connectivity index (χ0n) is 8.24. The molecule has 0 aliphatic carbocycles. The first-order valence-corrected chi connectivity index (χ1v) is 4.36. The highest BCUT2D eigenvalue weighted by Gasteiger charge is 2.29. The van der Waals surface area contributed by atoms with Crippen LogP contribution in [0.3, 0.4) is 0 Å². The molecule has 2 N–H and O–H groups in total. The van der Waals surface area contributed by atoms with Crippen molar-refractivity contribution in [1.29, 1.82) is 0 Å². The third kappa shape index (κ3) is 7.85. The molecule has 0 fully saturated rings. The largest absolute Gasteiger partial charge is 0.390 e. The second-order valence-corrected chi connectivity index (χ2v) is 3.10. The number of nitrogens with one attached hydrogen (secondary N) is 2. The Balaban J connectivity index is 3.54. The number of halogens is 3. The third-order valence-electron chi connectivity index (χ3n) is 1.66. The minimum Gasteiger partial charge on any atom is -0.359 e. The molecule has 0 bridgehead atoms. The van der Waals surface area contributed by atoms with Gasteiger partial charge in [-0.15, -0.1) is 0 Å². The van der Waals surface area contributed by atoms with Crippen molar-refractivity contribution < 1.29 is 18.0 Å². The van der Waals surface area contributed by atoms with Crippen LogP contribution >= 0.6 is 0 Å². The van der Waals surface area contributed by atoms with E-state index in [9.17, 15) is 18.0 Å². The molecule has 6 heteroatoms. The lowest BCUT2D eigenvalue weighted by Crippen LogP contribution is -2.34. The van der Waals surface area contributed by atoms with E-state index in [4.69, 9.17) is 0 Å². The first kappa shape index (κ1) is 13.2. The van der Waals surface area contributed by atoms with Gasteiger partial charge in [-0.05, 0) is 6.92 Å². The highest BCUT2D eigenvalue weighted by molar-refractivity contribution is 5.75. The van der Waals surface area contributed by atoms with Crippen molar-refractivity contribution in [3.05, 3.63) is 0 Å². The molecular formula is C8H15F3N2O. The Morgan fingerprint density at radius 1 is 1.43 bits per heavy atom. The van der Waals surface area contributed by atoms with Crippen LogP contribution < -0.4 is 10.6 Å². The Labute approximate surface area is 81.1 Å². The number of hydrogen-bond donors (Lipinski definition) is 2. The van der Waals surface area contributed by atoms with Gasteiger partial charge in [0.15, 0.2) is 0 Å². The summed E-state index contributed by atoms with van der Waals surface area (Å²) in [6, 6.07) is -0.653. The molecule has 0 radical (unpaired) electrons. The van der Waals surface area contributed by atoms with Gasteiger partial charge in [0, 0.05) is 26.1 Å². The molecule has 0 heterocycles. The van der Waals surface area contributed by atoms with Gasteiger partial charge in [0.25, 0.3) is 0 Å². The summed E-state index contributed by atoms with van der Waals surface area (Å²) in [7, 11) is 1.49. The number of alkyl halides is 3. The van der Waals surface area contributed by atoms with Gasteiger partial charge < -0.3 is 10.6 Å². The fourth-order valence-corrected chi connectivity index (χ4v) is 0.976. The third-order valence-corrected chi connectivity index (χ3v) is 1.66. The van der Waals surface area contributed by atoms with Crippen molar-refractivity contribution >= 4 is 5.91 Å². The fraction of sp³-hybridized carbons (Fsp3) is 0.875. The van der Waals surface area contributed by atoms with Gasteiger partial charge in [0.2, 0.25) is 5.91 Å². The van der Waals surface area contributed by atoms with E-state index in [0.29, 0.717) is 0 Å². The molecule has 3 nitrogen and oxygen atoms in total. The predicted molar refractivity (Wildman–Crippen MR) is 46.8 cm³/mol. The lowest BCUT2D eigenvalue weighted by molar-refractivity contribution is -0.139. The first-order valence-electron chi connectivity index (χ1n) is 4.36. The van der Waals surface area contributed by atoms with E-state index in [1.54, 1.807) is 0 Å². The molecule has 1 atom stereocenters. The lowest BCUT2D eigenvalue weighted by Gasteiger charge is -2.15. The summed E-state index contributed by atoms with van der Waals surface area (Å²) in [4.78, 5) is 10.7. The topological polar surface area (TPSA) is 41.1 Å². The fourth-order valence-electron chi connectivity index (χ4n) is 0.976. The molecular weight excluding hydrogens is 197 g/mol. The van der Waals surface area contributed by atoms with Crippen LogP contribution in [0.2, 0.25) is 0 Å². The SMILES string of the molecule is CNC(=O)CCNC(C)CC(F)(F)F. The van der Waals surface area contributed by atoms with E-state index >= 15 is 0 Å². The number of carbonyl (C=O) groups is 1. The van der Waals surface area contributed by atoms with Crippen LogP contribution in [0, 0.1) is 0 Å². The van der Waals surface area contributed by atoms with E-state index in [1.807, 2.05) is 0 Å². The monoisotopic (exact) mass is 212 g/mol.